The van der Waals surface area contributed by atoms with Crippen LogP contribution >= 0.6 is 0 Å². The predicted molar refractivity (Wildman–Crippen MR) is 73.5 cm³/mol. The van der Waals surface area contributed by atoms with Crippen molar-refractivity contribution in [2.24, 2.45) is 5.92 Å². The Morgan fingerprint density at radius 3 is 2.29 bits per heavy atom. The maximum atomic E-state index is 5.69. The van der Waals surface area contributed by atoms with Gasteiger partial charge in [0.2, 0.25) is 0 Å². The van der Waals surface area contributed by atoms with Gasteiger partial charge in [0.05, 0.1) is 13.2 Å². The number of hydrogen-bond donors (Lipinski definition) is 1. The van der Waals surface area contributed by atoms with Crippen LogP contribution in [-0.4, -0.2) is 39.5 Å². The lowest BCUT2D eigenvalue weighted by Crippen LogP contribution is -2.25. The molecule has 0 aromatic carbocycles. The summed E-state index contributed by atoms with van der Waals surface area (Å²) < 4.78 is 10.9. The highest BCUT2D eigenvalue weighted by Crippen LogP contribution is 2.12. The maximum absolute atomic E-state index is 5.69. The molecule has 0 aromatic heterocycles. The van der Waals surface area contributed by atoms with E-state index in [0.29, 0.717) is 0 Å². The molecule has 0 aromatic rings. The topological polar surface area (TPSA) is 30.5 Å². The van der Waals surface area contributed by atoms with E-state index in [-0.39, 0.29) is 0 Å². The highest BCUT2D eigenvalue weighted by molar-refractivity contribution is 4.56. The smallest absolute Gasteiger partial charge is 0.0591 e. The molecular formula is C14H31NO2. The second-order valence-corrected chi connectivity index (χ2v) is 4.44. The number of ether oxygens (including phenoxy) is 2. The van der Waals surface area contributed by atoms with Crippen LogP contribution in [0.4, 0.5) is 0 Å². The number of rotatable bonds is 13. The summed E-state index contributed by atoms with van der Waals surface area (Å²) in [4.78, 5) is 0. The summed E-state index contributed by atoms with van der Waals surface area (Å²) in [5.41, 5.74) is 0. The molecule has 0 bridgehead atoms. The molecule has 0 aliphatic carbocycles. The Hall–Kier alpha value is -0.120. The van der Waals surface area contributed by atoms with Gasteiger partial charge < -0.3 is 14.8 Å². The number of unbranched alkanes of at least 4 members (excludes halogenated alkanes) is 1. The van der Waals surface area contributed by atoms with E-state index in [4.69, 9.17) is 9.47 Å². The Kier molecular flexibility index (Phi) is 13.8. The fourth-order valence-electron chi connectivity index (χ4n) is 1.71. The summed E-state index contributed by atoms with van der Waals surface area (Å²) in [6.07, 6.45) is 5.16. The van der Waals surface area contributed by atoms with Crippen LogP contribution in [0.15, 0.2) is 0 Å². The zero-order chi connectivity index (χ0) is 12.8. The number of hydrogen-bond acceptors (Lipinski definition) is 3. The molecule has 1 unspecified atom stereocenters. The van der Waals surface area contributed by atoms with Crippen molar-refractivity contribution >= 4 is 0 Å². The SMILES string of the molecule is CCCCC(CC)COCCNCCOCC. The van der Waals surface area contributed by atoms with E-state index in [2.05, 4.69) is 19.2 Å². The molecule has 3 heteroatoms. The molecule has 0 aliphatic heterocycles. The van der Waals surface area contributed by atoms with Crippen molar-refractivity contribution in [1.29, 1.82) is 0 Å². The first-order chi connectivity index (χ1) is 8.35. The molecule has 1 N–H and O–H groups in total. The zero-order valence-electron chi connectivity index (χ0n) is 12.0. The van der Waals surface area contributed by atoms with E-state index in [1.165, 1.54) is 25.7 Å². The molecular weight excluding hydrogens is 214 g/mol. The molecule has 0 aliphatic rings. The van der Waals surface area contributed by atoms with E-state index in [9.17, 15) is 0 Å². The van der Waals surface area contributed by atoms with Gasteiger partial charge in [-0.25, -0.2) is 0 Å². The lowest BCUT2D eigenvalue weighted by Gasteiger charge is -2.14. The summed E-state index contributed by atoms with van der Waals surface area (Å²) in [6, 6.07) is 0. The Balaban J connectivity index is 3.19. The van der Waals surface area contributed by atoms with Gasteiger partial charge in [-0.15, -0.1) is 0 Å². The van der Waals surface area contributed by atoms with Crippen molar-refractivity contribution in [3.05, 3.63) is 0 Å². The largest absolute Gasteiger partial charge is 0.380 e. The first kappa shape index (κ1) is 16.9. The Labute approximate surface area is 107 Å². The summed E-state index contributed by atoms with van der Waals surface area (Å²) in [5.74, 6) is 0.748. The molecule has 0 fully saturated rings. The van der Waals surface area contributed by atoms with Crippen LogP contribution < -0.4 is 5.32 Å². The molecule has 0 heterocycles. The van der Waals surface area contributed by atoms with Crippen LogP contribution in [0.2, 0.25) is 0 Å². The normalized spacial score (nSPS) is 12.9. The lowest BCUT2D eigenvalue weighted by molar-refractivity contribution is 0.0929. The van der Waals surface area contributed by atoms with E-state index < -0.39 is 0 Å². The van der Waals surface area contributed by atoms with Gasteiger partial charge in [-0.2, -0.15) is 0 Å². The molecule has 3 nitrogen and oxygen atoms in total. The molecule has 104 valence electrons. The predicted octanol–water partition coefficient (Wildman–Crippen LogP) is 2.85. The second kappa shape index (κ2) is 13.9. The fourth-order valence-corrected chi connectivity index (χ4v) is 1.71. The van der Waals surface area contributed by atoms with Gasteiger partial charge >= 0.3 is 0 Å². The van der Waals surface area contributed by atoms with Gasteiger partial charge in [-0.3, -0.25) is 0 Å². The molecule has 0 saturated carbocycles. The van der Waals surface area contributed by atoms with Crippen LogP contribution in [0.5, 0.6) is 0 Å². The van der Waals surface area contributed by atoms with Crippen LogP contribution in [0.25, 0.3) is 0 Å². The quantitative estimate of drug-likeness (QED) is 0.506. The minimum Gasteiger partial charge on any atom is -0.380 e. The van der Waals surface area contributed by atoms with Gasteiger partial charge in [-0.1, -0.05) is 33.1 Å². The number of nitrogens with one attached hydrogen (secondary N) is 1. The molecule has 0 saturated heterocycles. The lowest BCUT2D eigenvalue weighted by atomic mass is 10.0. The summed E-state index contributed by atoms with van der Waals surface area (Å²) >= 11 is 0. The molecule has 1 atom stereocenters. The van der Waals surface area contributed by atoms with Crippen LogP contribution in [0.1, 0.15) is 46.5 Å². The van der Waals surface area contributed by atoms with Crippen molar-refractivity contribution in [1.82, 2.24) is 5.32 Å². The summed E-state index contributed by atoms with van der Waals surface area (Å²) in [5, 5.41) is 3.31. The summed E-state index contributed by atoms with van der Waals surface area (Å²) in [6.45, 7) is 11.7. The van der Waals surface area contributed by atoms with Gasteiger partial charge in [0, 0.05) is 26.3 Å². The second-order valence-electron chi connectivity index (χ2n) is 4.44. The molecule has 0 rings (SSSR count). The van der Waals surface area contributed by atoms with E-state index in [0.717, 1.165) is 45.4 Å². The van der Waals surface area contributed by atoms with Crippen LogP contribution in [0.3, 0.4) is 0 Å². The van der Waals surface area contributed by atoms with Gasteiger partial charge in [-0.05, 0) is 19.3 Å². The zero-order valence-corrected chi connectivity index (χ0v) is 12.0. The Morgan fingerprint density at radius 2 is 1.71 bits per heavy atom. The third-order valence-electron chi connectivity index (χ3n) is 2.95. The average Bonchev–Trinajstić information content (AvgIpc) is 2.36. The molecule has 0 radical (unpaired) electrons. The maximum Gasteiger partial charge on any atom is 0.0591 e. The standard InChI is InChI=1S/C14H31NO2/c1-4-7-8-14(5-2)13-17-12-10-15-9-11-16-6-3/h14-15H,4-13H2,1-3H3. The van der Waals surface area contributed by atoms with Crippen LogP contribution in [-0.2, 0) is 9.47 Å². The first-order valence-corrected chi connectivity index (χ1v) is 7.21. The van der Waals surface area contributed by atoms with Gasteiger partial charge in [0.25, 0.3) is 0 Å². The van der Waals surface area contributed by atoms with Crippen molar-refractivity contribution in [2.75, 3.05) is 39.5 Å². The average molecular weight is 245 g/mol. The highest BCUT2D eigenvalue weighted by Gasteiger charge is 2.05. The van der Waals surface area contributed by atoms with Crippen molar-refractivity contribution in [3.8, 4) is 0 Å². The van der Waals surface area contributed by atoms with Gasteiger partial charge in [0.15, 0.2) is 0 Å². The van der Waals surface area contributed by atoms with E-state index in [1.54, 1.807) is 0 Å². The summed E-state index contributed by atoms with van der Waals surface area (Å²) in [7, 11) is 0. The van der Waals surface area contributed by atoms with E-state index >= 15 is 0 Å². The van der Waals surface area contributed by atoms with Gasteiger partial charge in [0.1, 0.15) is 0 Å². The third kappa shape index (κ3) is 12.1. The third-order valence-corrected chi connectivity index (χ3v) is 2.95. The Morgan fingerprint density at radius 1 is 1.00 bits per heavy atom. The molecule has 17 heavy (non-hydrogen) atoms. The van der Waals surface area contributed by atoms with Crippen molar-refractivity contribution in [2.45, 2.75) is 46.5 Å². The van der Waals surface area contributed by atoms with Crippen molar-refractivity contribution in [3.63, 3.8) is 0 Å². The fraction of sp³-hybridized carbons (Fsp3) is 1.00. The van der Waals surface area contributed by atoms with Crippen molar-refractivity contribution < 1.29 is 9.47 Å². The minimum absolute atomic E-state index is 0.748. The minimum atomic E-state index is 0.748. The molecule has 0 amide bonds. The Bertz CT molecular complexity index is 142. The monoisotopic (exact) mass is 245 g/mol. The van der Waals surface area contributed by atoms with E-state index in [1.807, 2.05) is 6.92 Å². The van der Waals surface area contributed by atoms with Crippen LogP contribution in [0, 0.1) is 5.92 Å². The highest BCUT2D eigenvalue weighted by atomic mass is 16.5. The molecule has 0 spiro atoms. The first-order valence-electron chi connectivity index (χ1n) is 7.21.